The molecule has 1 heterocycles. The molecule has 2 aromatic rings. The summed E-state index contributed by atoms with van der Waals surface area (Å²) in [5.41, 5.74) is 3.20. The number of nitrogens with zero attached hydrogens (tertiary/aromatic N) is 1. The average molecular weight is 269 g/mol. The van der Waals surface area contributed by atoms with Crippen LogP contribution in [0.1, 0.15) is 24.1 Å². The van der Waals surface area contributed by atoms with Crippen molar-refractivity contribution in [3.63, 3.8) is 0 Å². The summed E-state index contributed by atoms with van der Waals surface area (Å²) in [4.78, 5) is 15.7. The molecule has 0 aliphatic carbocycles. The number of aromatic nitrogens is 1. The monoisotopic (exact) mass is 269 g/mol. The van der Waals surface area contributed by atoms with Crippen LogP contribution >= 0.6 is 0 Å². The van der Waals surface area contributed by atoms with Gasteiger partial charge in [0.1, 0.15) is 0 Å². The van der Waals surface area contributed by atoms with E-state index in [0.717, 1.165) is 5.69 Å². The minimum absolute atomic E-state index is 0.0587. The van der Waals surface area contributed by atoms with Crippen molar-refractivity contribution < 1.29 is 4.79 Å². The number of pyridine rings is 1. The molecule has 0 bridgehead atoms. The first-order valence-electron chi connectivity index (χ1n) is 6.65. The van der Waals surface area contributed by atoms with Crippen LogP contribution in [-0.2, 0) is 4.79 Å². The lowest BCUT2D eigenvalue weighted by atomic mass is 10.0. The van der Waals surface area contributed by atoms with Gasteiger partial charge in [0.15, 0.2) is 0 Å². The number of nitrogens with one attached hydrogen (secondary N) is 2. The van der Waals surface area contributed by atoms with Crippen molar-refractivity contribution in [1.82, 2.24) is 10.3 Å². The second kappa shape index (κ2) is 6.82. The summed E-state index contributed by atoms with van der Waals surface area (Å²) < 4.78 is 0. The second-order valence-electron chi connectivity index (χ2n) is 4.74. The summed E-state index contributed by atoms with van der Waals surface area (Å²) in [5, 5.41) is 6.05. The lowest BCUT2D eigenvalue weighted by Gasteiger charge is -2.16. The molecule has 0 fully saturated rings. The molecule has 1 amide bonds. The molecule has 4 nitrogen and oxygen atoms in total. The molecule has 0 aliphatic rings. The highest BCUT2D eigenvalue weighted by Gasteiger charge is 2.09. The van der Waals surface area contributed by atoms with Crippen molar-refractivity contribution in [1.29, 1.82) is 0 Å². The summed E-state index contributed by atoms with van der Waals surface area (Å²) in [6.07, 6.45) is 3.30. The highest BCUT2D eigenvalue weighted by atomic mass is 16.1. The van der Waals surface area contributed by atoms with Crippen molar-refractivity contribution in [2.45, 2.75) is 19.9 Å². The van der Waals surface area contributed by atoms with E-state index in [2.05, 4.69) is 41.6 Å². The number of amides is 1. The van der Waals surface area contributed by atoms with Crippen LogP contribution in [0.2, 0.25) is 0 Å². The molecule has 0 spiro atoms. The second-order valence-corrected chi connectivity index (χ2v) is 4.74. The van der Waals surface area contributed by atoms with E-state index >= 15 is 0 Å². The Morgan fingerprint density at radius 2 is 1.90 bits per heavy atom. The minimum atomic E-state index is -0.0587. The zero-order valence-electron chi connectivity index (χ0n) is 11.8. The van der Waals surface area contributed by atoms with Gasteiger partial charge in [-0.25, -0.2) is 0 Å². The molecule has 1 atom stereocenters. The Morgan fingerprint density at radius 3 is 2.60 bits per heavy atom. The van der Waals surface area contributed by atoms with Gasteiger partial charge in [0.25, 0.3) is 0 Å². The van der Waals surface area contributed by atoms with E-state index in [0.29, 0.717) is 0 Å². The fourth-order valence-corrected chi connectivity index (χ4v) is 2.07. The largest absolute Gasteiger partial charge is 0.325 e. The van der Waals surface area contributed by atoms with Gasteiger partial charge >= 0.3 is 0 Å². The van der Waals surface area contributed by atoms with Crippen LogP contribution in [-0.4, -0.2) is 17.4 Å². The van der Waals surface area contributed by atoms with Crippen LogP contribution in [0.15, 0.2) is 48.8 Å². The number of hydrogen-bond acceptors (Lipinski definition) is 3. The average Bonchev–Trinajstić information content (AvgIpc) is 2.46. The van der Waals surface area contributed by atoms with E-state index < -0.39 is 0 Å². The van der Waals surface area contributed by atoms with Gasteiger partial charge in [-0.3, -0.25) is 9.78 Å². The van der Waals surface area contributed by atoms with E-state index in [1.54, 1.807) is 24.5 Å². The summed E-state index contributed by atoms with van der Waals surface area (Å²) >= 11 is 0. The third-order valence-electron chi connectivity index (χ3n) is 3.19. The molecule has 104 valence electrons. The summed E-state index contributed by atoms with van der Waals surface area (Å²) in [7, 11) is 0. The van der Waals surface area contributed by atoms with E-state index in [1.807, 2.05) is 12.1 Å². The Labute approximate surface area is 119 Å². The van der Waals surface area contributed by atoms with Crippen molar-refractivity contribution in [2.24, 2.45) is 0 Å². The van der Waals surface area contributed by atoms with Gasteiger partial charge in [-0.05, 0) is 37.1 Å². The smallest absolute Gasteiger partial charge is 0.238 e. The maximum absolute atomic E-state index is 11.8. The van der Waals surface area contributed by atoms with Crippen molar-refractivity contribution >= 4 is 11.6 Å². The van der Waals surface area contributed by atoms with E-state index in [9.17, 15) is 4.79 Å². The Kier molecular flexibility index (Phi) is 4.85. The van der Waals surface area contributed by atoms with Gasteiger partial charge in [-0.2, -0.15) is 0 Å². The van der Waals surface area contributed by atoms with Crippen LogP contribution in [0.25, 0.3) is 0 Å². The molecule has 0 saturated carbocycles. The normalized spacial score (nSPS) is 11.9. The fourth-order valence-electron chi connectivity index (χ4n) is 2.07. The van der Waals surface area contributed by atoms with Gasteiger partial charge in [-0.1, -0.05) is 24.3 Å². The predicted octanol–water partition coefficient (Wildman–Crippen LogP) is 2.68. The van der Waals surface area contributed by atoms with Gasteiger partial charge in [0.05, 0.1) is 6.54 Å². The first-order chi connectivity index (χ1) is 9.66. The third kappa shape index (κ3) is 3.90. The number of aryl methyl sites for hydroxylation is 1. The lowest BCUT2D eigenvalue weighted by Crippen LogP contribution is -2.30. The number of benzene rings is 1. The molecule has 2 rings (SSSR count). The van der Waals surface area contributed by atoms with E-state index in [1.165, 1.54) is 11.1 Å². The maximum Gasteiger partial charge on any atom is 0.238 e. The Balaban J connectivity index is 1.86. The molecular weight excluding hydrogens is 250 g/mol. The van der Waals surface area contributed by atoms with Gasteiger partial charge in [-0.15, -0.1) is 0 Å². The summed E-state index contributed by atoms with van der Waals surface area (Å²) in [6.45, 7) is 4.41. The Morgan fingerprint density at radius 1 is 1.20 bits per heavy atom. The molecule has 0 radical (unpaired) electrons. The molecule has 1 aromatic carbocycles. The molecule has 20 heavy (non-hydrogen) atoms. The number of carbonyl (C=O) groups is 1. The topological polar surface area (TPSA) is 54.0 Å². The quantitative estimate of drug-likeness (QED) is 0.877. The number of anilines is 1. The molecule has 0 aliphatic heterocycles. The predicted molar refractivity (Wildman–Crippen MR) is 80.5 cm³/mol. The highest BCUT2D eigenvalue weighted by Crippen LogP contribution is 2.16. The van der Waals surface area contributed by atoms with Crippen molar-refractivity contribution in [2.75, 3.05) is 11.9 Å². The van der Waals surface area contributed by atoms with Crippen LogP contribution in [0, 0.1) is 6.92 Å². The van der Waals surface area contributed by atoms with Gasteiger partial charge in [0.2, 0.25) is 5.91 Å². The zero-order chi connectivity index (χ0) is 14.4. The van der Waals surface area contributed by atoms with Crippen LogP contribution in [0.3, 0.4) is 0 Å². The lowest BCUT2D eigenvalue weighted by molar-refractivity contribution is -0.115. The van der Waals surface area contributed by atoms with Crippen molar-refractivity contribution in [3.05, 3.63) is 59.9 Å². The Hall–Kier alpha value is -2.20. The fraction of sp³-hybridized carbons (Fsp3) is 0.250. The van der Waals surface area contributed by atoms with Crippen LogP contribution < -0.4 is 10.6 Å². The molecule has 0 saturated heterocycles. The SMILES string of the molecule is Cc1ccccc1C(C)NCC(=O)Nc1ccncc1. The third-order valence-corrected chi connectivity index (χ3v) is 3.19. The minimum Gasteiger partial charge on any atom is -0.325 e. The maximum atomic E-state index is 11.8. The van der Waals surface area contributed by atoms with Gasteiger partial charge in [0, 0.05) is 24.1 Å². The number of hydrogen-bond donors (Lipinski definition) is 2. The highest BCUT2D eigenvalue weighted by molar-refractivity contribution is 5.92. The van der Waals surface area contributed by atoms with Crippen molar-refractivity contribution in [3.8, 4) is 0 Å². The first kappa shape index (κ1) is 14.2. The Bertz CT molecular complexity index is 569. The standard InChI is InChI=1S/C16H19N3O/c1-12-5-3-4-6-15(12)13(2)18-11-16(20)19-14-7-9-17-10-8-14/h3-10,13,18H,11H2,1-2H3,(H,17,19,20). The number of carbonyl (C=O) groups excluding carboxylic acids is 1. The molecule has 2 N–H and O–H groups in total. The zero-order valence-corrected chi connectivity index (χ0v) is 11.8. The van der Waals surface area contributed by atoms with E-state index in [-0.39, 0.29) is 18.5 Å². The van der Waals surface area contributed by atoms with Crippen LogP contribution in [0.4, 0.5) is 5.69 Å². The molecule has 1 unspecified atom stereocenters. The van der Waals surface area contributed by atoms with Gasteiger partial charge < -0.3 is 10.6 Å². The summed E-state index contributed by atoms with van der Waals surface area (Å²) in [5.74, 6) is -0.0587. The summed E-state index contributed by atoms with van der Waals surface area (Å²) in [6, 6.07) is 11.8. The first-order valence-corrected chi connectivity index (χ1v) is 6.65. The molecular formula is C16H19N3O. The van der Waals surface area contributed by atoms with Crippen LogP contribution in [0.5, 0.6) is 0 Å². The van der Waals surface area contributed by atoms with E-state index in [4.69, 9.17) is 0 Å². The molecule has 4 heteroatoms. The molecule has 1 aromatic heterocycles. The number of rotatable bonds is 5.